The highest BCUT2D eigenvalue weighted by molar-refractivity contribution is 14.1. The van der Waals surface area contributed by atoms with Crippen LogP contribution in [-0.2, 0) is 4.74 Å². The fourth-order valence-corrected chi connectivity index (χ4v) is 0.530. The van der Waals surface area contributed by atoms with Crippen molar-refractivity contribution in [1.29, 1.82) is 0 Å². The second-order valence-electron chi connectivity index (χ2n) is 2.09. The van der Waals surface area contributed by atoms with Crippen LogP contribution in [0.15, 0.2) is 12.2 Å². The number of rotatable bonds is 4. The van der Waals surface area contributed by atoms with Crippen molar-refractivity contribution in [3.63, 3.8) is 0 Å². The highest BCUT2D eigenvalue weighted by Crippen LogP contribution is 2.07. The molecule has 0 aliphatic carbocycles. The summed E-state index contributed by atoms with van der Waals surface area (Å²) >= 11 is 2.28. The second-order valence-corrected chi connectivity index (χ2v) is 3.48. The third kappa shape index (κ3) is 6.31. The minimum atomic E-state index is 0.347. The number of alkyl halides is 1. The maximum Gasteiger partial charge on any atom is 0.109 e. The summed E-state index contributed by atoms with van der Waals surface area (Å²) in [6.45, 7) is 8.51. The van der Waals surface area contributed by atoms with E-state index in [4.69, 9.17) is 4.74 Å². The quantitative estimate of drug-likeness (QED) is 0.417. The first-order valence-corrected chi connectivity index (χ1v) is 4.31. The number of hydrogen-bond acceptors (Lipinski definition) is 1. The molecule has 0 saturated carbocycles. The van der Waals surface area contributed by atoms with E-state index in [0.717, 1.165) is 12.0 Å². The van der Waals surface area contributed by atoms with Crippen LogP contribution in [-0.4, -0.2) is 10.7 Å². The molecule has 0 aliphatic heterocycles. The Morgan fingerprint density at radius 3 is 2.67 bits per heavy atom. The maximum absolute atomic E-state index is 5.34. The molecule has 0 aromatic heterocycles. The standard InChI is InChI=1S/C7H13IO/c1-4-7(8)9-5-6(2)3/h7H,2,4-5H2,1,3H3. The first-order valence-electron chi connectivity index (χ1n) is 3.07. The van der Waals surface area contributed by atoms with Crippen LogP contribution in [0.4, 0.5) is 0 Å². The highest BCUT2D eigenvalue weighted by Gasteiger charge is 1.97. The molecule has 1 unspecified atom stereocenters. The summed E-state index contributed by atoms with van der Waals surface area (Å²) in [6, 6.07) is 0. The van der Waals surface area contributed by atoms with Gasteiger partial charge in [0.15, 0.2) is 0 Å². The van der Waals surface area contributed by atoms with Crippen LogP contribution in [0.5, 0.6) is 0 Å². The lowest BCUT2D eigenvalue weighted by Crippen LogP contribution is -2.03. The van der Waals surface area contributed by atoms with Crippen LogP contribution >= 0.6 is 22.6 Å². The van der Waals surface area contributed by atoms with Crippen molar-refractivity contribution in [2.24, 2.45) is 0 Å². The Kier molecular flexibility index (Phi) is 5.48. The molecular formula is C7H13IO. The molecule has 0 spiro atoms. The maximum atomic E-state index is 5.34. The summed E-state index contributed by atoms with van der Waals surface area (Å²) in [5.74, 6) is 0. The molecule has 0 rings (SSSR count). The molecule has 0 fully saturated rings. The molecule has 0 aromatic rings. The van der Waals surface area contributed by atoms with E-state index < -0.39 is 0 Å². The monoisotopic (exact) mass is 240 g/mol. The Morgan fingerprint density at radius 1 is 1.78 bits per heavy atom. The van der Waals surface area contributed by atoms with Crippen molar-refractivity contribution in [2.45, 2.75) is 24.4 Å². The van der Waals surface area contributed by atoms with Crippen LogP contribution in [0.3, 0.4) is 0 Å². The Balaban J connectivity index is 3.16. The van der Waals surface area contributed by atoms with Crippen LogP contribution in [0.2, 0.25) is 0 Å². The molecule has 0 N–H and O–H groups in total. The summed E-state index contributed by atoms with van der Waals surface area (Å²) < 4.78 is 5.69. The van der Waals surface area contributed by atoms with Gasteiger partial charge in [-0.1, -0.05) is 41.7 Å². The smallest absolute Gasteiger partial charge is 0.109 e. The number of ether oxygens (including phenoxy) is 1. The third-order valence-corrected chi connectivity index (χ3v) is 2.07. The molecule has 0 saturated heterocycles. The lowest BCUT2D eigenvalue weighted by Gasteiger charge is -2.07. The first kappa shape index (κ1) is 9.43. The predicted molar refractivity (Wildman–Crippen MR) is 48.9 cm³/mol. The number of hydrogen-bond donors (Lipinski definition) is 0. The van der Waals surface area contributed by atoms with Gasteiger partial charge in [0, 0.05) is 0 Å². The van der Waals surface area contributed by atoms with E-state index in [1.165, 1.54) is 0 Å². The van der Waals surface area contributed by atoms with E-state index in [0.29, 0.717) is 10.7 Å². The SMILES string of the molecule is C=C(C)COC(I)CC. The van der Waals surface area contributed by atoms with Gasteiger partial charge < -0.3 is 4.74 Å². The zero-order chi connectivity index (χ0) is 7.28. The highest BCUT2D eigenvalue weighted by atomic mass is 127. The average molecular weight is 240 g/mol. The molecule has 0 bridgehead atoms. The van der Waals surface area contributed by atoms with E-state index in [9.17, 15) is 0 Å². The molecule has 54 valence electrons. The van der Waals surface area contributed by atoms with Crippen molar-refractivity contribution >= 4 is 22.6 Å². The molecule has 1 nitrogen and oxygen atoms in total. The summed E-state index contributed by atoms with van der Waals surface area (Å²) in [6.07, 6.45) is 1.06. The lowest BCUT2D eigenvalue weighted by atomic mass is 10.4. The summed E-state index contributed by atoms with van der Waals surface area (Å²) in [5, 5.41) is 0. The second kappa shape index (κ2) is 5.23. The van der Waals surface area contributed by atoms with E-state index in [1.54, 1.807) is 0 Å². The topological polar surface area (TPSA) is 9.23 Å². The van der Waals surface area contributed by atoms with Crippen molar-refractivity contribution in [2.75, 3.05) is 6.61 Å². The van der Waals surface area contributed by atoms with Gasteiger partial charge in [0.2, 0.25) is 0 Å². The molecule has 0 amide bonds. The first-order chi connectivity index (χ1) is 4.16. The van der Waals surface area contributed by atoms with Gasteiger partial charge in [-0.3, -0.25) is 0 Å². The Bertz CT molecular complexity index is 90.9. The molecule has 0 radical (unpaired) electrons. The van der Waals surface area contributed by atoms with E-state index in [1.807, 2.05) is 6.92 Å². The Labute approximate surface area is 70.6 Å². The van der Waals surface area contributed by atoms with E-state index in [-0.39, 0.29) is 0 Å². The van der Waals surface area contributed by atoms with Gasteiger partial charge in [-0.05, 0) is 13.3 Å². The van der Waals surface area contributed by atoms with Crippen LogP contribution < -0.4 is 0 Å². The fraction of sp³-hybridized carbons (Fsp3) is 0.714. The van der Waals surface area contributed by atoms with E-state index in [2.05, 4.69) is 36.1 Å². The predicted octanol–water partition coefficient (Wildman–Crippen LogP) is 2.75. The minimum Gasteiger partial charge on any atom is -0.364 e. The van der Waals surface area contributed by atoms with Crippen LogP contribution in [0.1, 0.15) is 20.3 Å². The van der Waals surface area contributed by atoms with Gasteiger partial charge >= 0.3 is 0 Å². The third-order valence-electron chi connectivity index (χ3n) is 0.832. The molecule has 0 aliphatic rings. The lowest BCUT2D eigenvalue weighted by molar-refractivity contribution is 0.142. The Morgan fingerprint density at radius 2 is 2.33 bits per heavy atom. The van der Waals surface area contributed by atoms with Crippen LogP contribution in [0, 0.1) is 0 Å². The summed E-state index contributed by atoms with van der Waals surface area (Å²) in [4.78, 5) is 0. The van der Waals surface area contributed by atoms with Gasteiger partial charge in [0.05, 0.1) is 6.61 Å². The zero-order valence-electron chi connectivity index (χ0n) is 5.98. The van der Waals surface area contributed by atoms with Gasteiger partial charge in [-0.25, -0.2) is 0 Å². The normalized spacial score (nSPS) is 13.2. The van der Waals surface area contributed by atoms with Gasteiger partial charge in [0.25, 0.3) is 0 Å². The van der Waals surface area contributed by atoms with Crippen LogP contribution in [0.25, 0.3) is 0 Å². The van der Waals surface area contributed by atoms with Crippen molar-refractivity contribution in [3.8, 4) is 0 Å². The summed E-state index contributed by atoms with van der Waals surface area (Å²) in [7, 11) is 0. The number of halogens is 1. The molecular weight excluding hydrogens is 227 g/mol. The molecule has 9 heavy (non-hydrogen) atoms. The van der Waals surface area contributed by atoms with Gasteiger partial charge in [0.1, 0.15) is 4.11 Å². The van der Waals surface area contributed by atoms with Crippen molar-refractivity contribution in [1.82, 2.24) is 0 Å². The van der Waals surface area contributed by atoms with Gasteiger partial charge in [-0.2, -0.15) is 0 Å². The zero-order valence-corrected chi connectivity index (χ0v) is 8.14. The average Bonchev–Trinajstić information content (AvgIpc) is 1.83. The minimum absolute atomic E-state index is 0.347. The summed E-state index contributed by atoms with van der Waals surface area (Å²) in [5.41, 5.74) is 1.09. The molecule has 2 heteroatoms. The fourth-order valence-electron chi connectivity index (χ4n) is 0.351. The molecule has 0 aromatic carbocycles. The van der Waals surface area contributed by atoms with Crippen molar-refractivity contribution < 1.29 is 4.74 Å². The van der Waals surface area contributed by atoms with E-state index >= 15 is 0 Å². The van der Waals surface area contributed by atoms with Gasteiger partial charge in [-0.15, -0.1) is 0 Å². The molecule has 1 atom stereocenters. The Hall–Kier alpha value is 0.430. The molecule has 0 heterocycles. The van der Waals surface area contributed by atoms with Crippen molar-refractivity contribution in [3.05, 3.63) is 12.2 Å². The largest absolute Gasteiger partial charge is 0.364 e.